The number of benzene rings is 1. The number of ether oxygens (including phenoxy) is 2. The first-order valence-corrected chi connectivity index (χ1v) is 8.93. The molecule has 23 heavy (non-hydrogen) atoms. The van der Waals surface area contributed by atoms with E-state index in [1.54, 1.807) is 0 Å². The summed E-state index contributed by atoms with van der Waals surface area (Å²) < 4.78 is 13.0. The van der Waals surface area contributed by atoms with E-state index in [0.717, 1.165) is 40.1 Å². The number of hydrogen-bond acceptors (Lipinski definition) is 3. The van der Waals surface area contributed by atoms with Gasteiger partial charge in [0.25, 0.3) is 0 Å². The molecule has 3 nitrogen and oxygen atoms in total. The molecular formula is C19H22BrNO2. The van der Waals surface area contributed by atoms with Gasteiger partial charge < -0.3 is 9.47 Å². The Balaban J connectivity index is 1.84. The molecule has 0 saturated heterocycles. The summed E-state index contributed by atoms with van der Waals surface area (Å²) in [6.07, 6.45) is 5.95. The van der Waals surface area contributed by atoms with Gasteiger partial charge in [0.1, 0.15) is 17.6 Å². The molecule has 1 unspecified atom stereocenters. The van der Waals surface area contributed by atoms with Crippen LogP contribution < -0.4 is 9.47 Å². The predicted molar refractivity (Wildman–Crippen MR) is 96.0 cm³/mol. The molecule has 0 aliphatic carbocycles. The lowest BCUT2D eigenvalue weighted by atomic mass is 9.95. The number of fused-ring (bicyclic) bond motifs is 3. The average molecular weight is 376 g/mol. The van der Waals surface area contributed by atoms with Crippen LogP contribution in [0.5, 0.6) is 11.5 Å². The Morgan fingerprint density at radius 1 is 1.30 bits per heavy atom. The molecule has 0 saturated carbocycles. The van der Waals surface area contributed by atoms with E-state index < -0.39 is 0 Å². The van der Waals surface area contributed by atoms with Gasteiger partial charge in [-0.3, -0.25) is 4.98 Å². The van der Waals surface area contributed by atoms with Crippen LogP contribution in [0.3, 0.4) is 0 Å². The minimum atomic E-state index is 0.00108. The van der Waals surface area contributed by atoms with Crippen molar-refractivity contribution in [2.24, 2.45) is 5.92 Å². The van der Waals surface area contributed by atoms with Gasteiger partial charge in [-0.2, -0.15) is 0 Å². The van der Waals surface area contributed by atoms with Crippen LogP contribution in [0, 0.1) is 5.92 Å². The Kier molecular flexibility index (Phi) is 4.90. The molecule has 0 bridgehead atoms. The highest BCUT2D eigenvalue weighted by Gasteiger charge is 2.24. The third kappa shape index (κ3) is 3.52. The van der Waals surface area contributed by atoms with E-state index in [0.29, 0.717) is 5.92 Å². The zero-order valence-electron chi connectivity index (χ0n) is 13.8. The lowest BCUT2D eigenvalue weighted by molar-refractivity contribution is 0.220. The summed E-state index contributed by atoms with van der Waals surface area (Å²) in [7, 11) is 0. The minimum absolute atomic E-state index is 0.00108. The van der Waals surface area contributed by atoms with Gasteiger partial charge in [-0.05, 0) is 59.3 Å². The predicted octanol–water partition coefficient (Wildman–Crippen LogP) is 5.78. The third-order valence-corrected chi connectivity index (χ3v) is 4.72. The molecule has 0 N–H and O–H groups in total. The first-order valence-electron chi connectivity index (χ1n) is 8.13. The Hall–Kier alpha value is -1.55. The minimum Gasteiger partial charge on any atom is -0.492 e. The fourth-order valence-corrected chi connectivity index (χ4v) is 3.31. The maximum atomic E-state index is 6.06. The first-order chi connectivity index (χ1) is 11.1. The van der Waals surface area contributed by atoms with Crippen LogP contribution in [0.25, 0.3) is 11.1 Å². The summed E-state index contributed by atoms with van der Waals surface area (Å²) in [5, 5.41) is 0. The molecular weight excluding hydrogens is 354 g/mol. The highest BCUT2D eigenvalue weighted by molar-refractivity contribution is 9.10. The number of rotatable bonds is 5. The molecule has 2 heterocycles. The van der Waals surface area contributed by atoms with Crippen molar-refractivity contribution in [3.05, 3.63) is 40.6 Å². The summed E-state index contributed by atoms with van der Waals surface area (Å²) in [5.74, 6) is 2.43. The molecule has 1 aliphatic rings. The van der Waals surface area contributed by atoms with Crippen molar-refractivity contribution in [1.82, 2.24) is 4.98 Å². The third-order valence-electron chi connectivity index (χ3n) is 4.10. The number of hydrogen-bond donors (Lipinski definition) is 0. The highest BCUT2D eigenvalue weighted by Crippen LogP contribution is 2.45. The van der Waals surface area contributed by atoms with Crippen molar-refractivity contribution >= 4 is 15.9 Å². The van der Waals surface area contributed by atoms with Crippen molar-refractivity contribution in [2.75, 3.05) is 6.61 Å². The molecule has 1 aromatic heterocycles. The number of halogens is 1. The van der Waals surface area contributed by atoms with Crippen molar-refractivity contribution < 1.29 is 9.47 Å². The quantitative estimate of drug-likeness (QED) is 0.620. The maximum Gasteiger partial charge on any atom is 0.137 e. The van der Waals surface area contributed by atoms with Crippen LogP contribution in [0.2, 0.25) is 0 Å². The van der Waals surface area contributed by atoms with Gasteiger partial charge in [0, 0.05) is 29.6 Å². The standard InChI is InChI=1S/C19H22BrNO2/c1-12(2)5-4-8-22-19-10-18-15(9-17(19)20)14-6-7-21-11-16(14)13(3)23-18/h6-7,9-13H,4-5,8H2,1-3H3. The van der Waals surface area contributed by atoms with Gasteiger partial charge in [-0.25, -0.2) is 0 Å². The van der Waals surface area contributed by atoms with Crippen LogP contribution in [-0.4, -0.2) is 11.6 Å². The number of pyridine rings is 1. The second kappa shape index (κ2) is 6.91. The van der Waals surface area contributed by atoms with Crippen molar-refractivity contribution in [3.63, 3.8) is 0 Å². The molecule has 0 spiro atoms. The van der Waals surface area contributed by atoms with Gasteiger partial charge >= 0.3 is 0 Å². The fraction of sp³-hybridized carbons (Fsp3) is 0.421. The lowest BCUT2D eigenvalue weighted by Crippen LogP contribution is -2.11. The van der Waals surface area contributed by atoms with Gasteiger partial charge in [0.05, 0.1) is 11.1 Å². The molecule has 122 valence electrons. The second-order valence-electron chi connectivity index (χ2n) is 6.39. The zero-order valence-corrected chi connectivity index (χ0v) is 15.4. The van der Waals surface area contributed by atoms with E-state index in [-0.39, 0.29) is 6.10 Å². The van der Waals surface area contributed by atoms with Crippen molar-refractivity contribution in [2.45, 2.75) is 39.7 Å². The topological polar surface area (TPSA) is 31.4 Å². The maximum absolute atomic E-state index is 6.06. The fourth-order valence-electron chi connectivity index (χ4n) is 2.86. The molecule has 1 atom stereocenters. The Bertz CT molecular complexity index is 700. The summed E-state index contributed by atoms with van der Waals surface area (Å²) in [5.41, 5.74) is 3.39. The summed E-state index contributed by atoms with van der Waals surface area (Å²) in [6, 6.07) is 6.12. The molecule has 0 radical (unpaired) electrons. The Morgan fingerprint density at radius 3 is 2.91 bits per heavy atom. The molecule has 4 heteroatoms. The smallest absolute Gasteiger partial charge is 0.137 e. The molecule has 1 aliphatic heterocycles. The monoisotopic (exact) mass is 375 g/mol. The van der Waals surface area contributed by atoms with Crippen LogP contribution in [0.15, 0.2) is 35.1 Å². The Labute approximate surface area is 146 Å². The summed E-state index contributed by atoms with van der Waals surface area (Å²) in [6.45, 7) is 7.24. The van der Waals surface area contributed by atoms with Crippen LogP contribution in [0.4, 0.5) is 0 Å². The van der Waals surface area contributed by atoms with E-state index >= 15 is 0 Å². The van der Waals surface area contributed by atoms with Gasteiger partial charge in [0.2, 0.25) is 0 Å². The summed E-state index contributed by atoms with van der Waals surface area (Å²) >= 11 is 3.63. The van der Waals surface area contributed by atoms with Crippen molar-refractivity contribution in [1.29, 1.82) is 0 Å². The largest absolute Gasteiger partial charge is 0.492 e. The summed E-state index contributed by atoms with van der Waals surface area (Å²) in [4.78, 5) is 4.21. The van der Waals surface area contributed by atoms with E-state index in [1.807, 2.05) is 24.5 Å². The lowest BCUT2D eigenvalue weighted by Gasteiger charge is -2.26. The molecule has 1 aromatic carbocycles. The van der Waals surface area contributed by atoms with Gasteiger partial charge in [0.15, 0.2) is 0 Å². The van der Waals surface area contributed by atoms with Crippen LogP contribution in [-0.2, 0) is 0 Å². The molecule has 3 rings (SSSR count). The van der Waals surface area contributed by atoms with Crippen molar-refractivity contribution in [3.8, 4) is 22.6 Å². The number of nitrogens with zero attached hydrogens (tertiary/aromatic N) is 1. The molecule has 0 fully saturated rings. The van der Waals surface area contributed by atoms with E-state index in [9.17, 15) is 0 Å². The van der Waals surface area contributed by atoms with E-state index in [2.05, 4.69) is 47.8 Å². The first kappa shape index (κ1) is 16.3. The number of aromatic nitrogens is 1. The van der Waals surface area contributed by atoms with Crippen LogP contribution >= 0.6 is 15.9 Å². The second-order valence-corrected chi connectivity index (χ2v) is 7.24. The zero-order chi connectivity index (χ0) is 16.4. The Morgan fingerprint density at radius 2 is 2.13 bits per heavy atom. The normalized spacial score (nSPS) is 15.8. The van der Waals surface area contributed by atoms with Gasteiger partial charge in [-0.15, -0.1) is 0 Å². The van der Waals surface area contributed by atoms with E-state index in [1.165, 1.54) is 12.0 Å². The SMILES string of the molecule is CC(C)CCCOc1cc2c(cc1Br)-c1ccncc1C(C)O2. The van der Waals surface area contributed by atoms with E-state index in [4.69, 9.17) is 9.47 Å². The molecule has 0 amide bonds. The van der Waals surface area contributed by atoms with Crippen LogP contribution in [0.1, 0.15) is 45.3 Å². The average Bonchev–Trinajstić information content (AvgIpc) is 2.53. The highest BCUT2D eigenvalue weighted by atomic mass is 79.9. The van der Waals surface area contributed by atoms with Gasteiger partial charge in [-0.1, -0.05) is 13.8 Å². The molecule has 2 aromatic rings.